The zero-order valence-electron chi connectivity index (χ0n) is 9.22. The van der Waals surface area contributed by atoms with E-state index in [4.69, 9.17) is 5.11 Å². The van der Waals surface area contributed by atoms with Gasteiger partial charge in [0, 0.05) is 5.56 Å². The first kappa shape index (κ1) is 12.6. The molecule has 4 nitrogen and oxygen atoms in total. The van der Waals surface area contributed by atoms with Gasteiger partial charge in [-0.2, -0.15) is 18.3 Å². The van der Waals surface area contributed by atoms with Gasteiger partial charge in [-0.25, -0.2) is 9.67 Å². The highest BCUT2D eigenvalue weighted by Crippen LogP contribution is 2.22. The SMILES string of the molecule is OCc1ccc(-c2ncnn2CC(F)(F)F)cc1. The molecule has 0 spiro atoms. The van der Waals surface area contributed by atoms with Crippen molar-refractivity contribution in [2.24, 2.45) is 0 Å². The van der Waals surface area contributed by atoms with Gasteiger partial charge >= 0.3 is 6.18 Å². The van der Waals surface area contributed by atoms with E-state index in [1.165, 1.54) is 0 Å². The Kier molecular flexibility index (Phi) is 3.33. The molecule has 0 fully saturated rings. The van der Waals surface area contributed by atoms with Crippen LogP contribution in [-0.4, -0.2) is 26.0 Å². The second kappa shape index (κ2) is 4.77. The zero-order valence-corrected chi connectivity index (χ0v) is 9.22. The van der Waals surface area contributed by atoms with Crippen molar-refractivity contribution >= 4 is 0 Å². The van der Waals surface area contributed by atoms with E-state index in [0.29, 0.717) is 11.1 Å². The number of aliphatic hydroxyl groups excluding tert-OH is 1. The molecule has 1 aromatic carbocycles. The van der Waals surface area contributed by atoms with Crippen LogP contribution in [0.15, 0.2) is 30.6 Å². The van der Waals surface area contributed by atoms with Crippen molar-refractivity contribution in [3.05, 3.63) is 36.2 Å². The standard InChI is InChI=1S/C11H10F3N3O/c12-11(13,14)6-17-10(15-7-16-17)9-3-1-8(5-18)2-4-9/h1-4,7,18H,5-6H2. The molecule has 96 valence electrons. The predicted octanol–water partition coefficient (Wildman–Crippen LogP) is 2.00. The van der Waals surface area contributed by atoms with Crippen LogP contribution in [0.2, 0.25) is 0 Å². The van der Waals surface area contributed by atoms with Crippen LogP contribution in [0.25, 0.3) is 11.4 Å². The van der Waals surface area contributed by atoms with E-state index < -0.39 is 12.7 Å². The molecule has 0 bridgehead atoms. The number of alkyl halides is 3. The fraction of sp³-hybridized carbons (Fsp3) is 0.273. The molecule has 0 aliphatic heterocycles. The Balaban J connectivity index is 2.30. The molecule has 1 heterocycles. The molecule has 2 aromatic rings. The van der Waals surface area contributed by atoms with Gasteiger partial charge in [0.05, 0.1) is 6.61 Å². The lowest BCUT2D eigenvalue weighted by atomic mass is 10.1. The minimum atomic E-state index is -4.34. The Morgan fingerprint density at radius 2 is 1.83 bits per heavy atom. The normalized spacial score (nSPS) is 11.8. The summed E-state index contributed by atoms with van der Waals surface area (Å²) in [5.41, 5.74) is 1.20. The largest absolute Gasteiger partial charge is 0.408 e. The minimum absolute atomic E-state index is 0.116. The summed E-state index contributed by atoms with van der Waals surface area (Å²) in [4.78, 5) is 3.82. The Bertz CT molecular complexity index is 519. The summed E-state index contributed by atoms with van der Waals surface area (Å²) in [6, 6.07) is 6.45. The third-order valence-corrected chi connectivity index (χ3v) is 2.34. The number of benzene rings is 1. The third-order valence-electron chi connectivity index (χ3n) is 2.34. The first-order chi connectivity index (χ1) is 8.49. The molecule has 1 aromatic heterocycles. The highest BCUT2D eigenvalue weighted by atomic mass is 19.4. The van der Waals surface area contributed by atoms with E-state index >= 15 is 0 Å². The molecule has 1 N–H and O–H groups in total. The molecule has 0 aliphatic carbocycles. The van der Waals surface area contributed by atoms with E-state index in [1.54, 1.807) is 24.3 Å². The van der Waals surface area contributed by atoms with E-state index in [0.717, 1.165) is 11.0 Å². The van der Waals surface area contributed by atoms with Crippen LogP contribution in [0.4, 0.5) is 13.2 Å². The molecule has 7 heteroatoms. The summed E-state index contributed by atoms with van der Waals surface area (Å²) in [6.45, 7) is -1.29. The zero-order chi connectivity index (χ0) is 13.2. The number of aliphatic hydroxyl groups is 1. The highest BCUT2D eigenvalue weighted by Gasteiger charge is 2.29. The first-order valence-corrected chi connectivity index (χ1v) is 5.14. The van der Waals surface area contributed by atoms with Gasteiger partial charge in [0.1, 0.15) is 12.9 Å². The number of hydrogen-bond donors (Lipinski definition) is 1. The Hall–Kier alpha value is -1.89. The number of rotatable bonds is 3. The second-order valence-corrected chi connectivity index (χ2v) is 3.71. The number of halogens is 3. The van der Waals surface area contributed by atoms with Crippen molar-refractivity contribution in [3.63, 3.8) is 0 Å². The summed E-state index contributed by atoms with van der Waals surface area (Å²) in [5.74, 6) is 0.150. The summed E-state index contributed by atoms with van der Waals surface area (Å²) in [7, 11) is 0. The van der Waals surface area contributed by atoms with E-state index in [2.05, 4.69) is 10.1 Å². The molecule has 0 atom stereocenters. The van der Waals surface area contributed by atoms with E-state index in [-0.39, 0.29) is 12.4 Å². The van der Waals surface area contributed by atoms with Crippen molar-refractivity contribution in [3.8, 4) is 11.4 Å². The van der Waals surface area contributed by atoms with Crippen LogP contribution in [0.3, 0.4) is 0 Å². The first-order valence-electron chi connectivity index (χ1n) is 5.14. The monoisotopic (exact) mass is 257 g/mol. The van der Waals surface area contributed by atoms with Crippen LogP contribution in [0, 0.1) is 0 Å². The molecular weight excluding hydrogens is 247 g/mol. The molecule has 0 amide bonds. The van der Waals surface area contributed by atoms with Crippen molar-refractivity contribution in [1.82, 2.24) is 14.8 Å². The average molecular weight is 257 g/mol. The summed E-state index contributed by atoms with van der Waals surface area (Å²) >= 11 is 0. The molecule has 0 saturated heterocycles. The van der Waals surface area contributed by atoms with Crippen LogP contribution in [0.1, 0.15) is 5.56 Å². The lowest BCUT2D eigenvalue weighted by Gasteiger charge is -2.09. The lowest BCUT2D eigenvalue weighted by molar-refractivity contribution is -0.142. The number of nitrogens with zero attached hydrogens (tertiary/aromatic N) is 3. The Morgan fingerprint density at radius 1 is 1.17 bits per heavy atom. The van der Waals surface area contributed by atoms with Gasteiger partial charge in [0.25, 0.3) is 0 Å². The molecule has 0 aliphatic rings. The Labute approximate surface area is 101 Å². The van der Waals surface area contributed by atoms with E-state index in [1.807, 2.05) is 0 Å². The van der Waals surface area contributed by atoms with Crippen LogP contribution in [0.5, 0.6) is 0 Å². The topological polar surface area (TPSA) is 50.9 Å². The van der Waals surface area contributed by atoms with Crippen molar-refractivity contribution in [1.29, 1.82) is 0 Å². The molecule has 0 unspecified atom stereocenters. The summed E-state index contributed by atoms with van der Waals surface area (Å²) in [6.07, 6.45) is -3.26. The molecule has 0 radical (unpaired) electrons. The fourth-order valence-electron chi connectivity index (χ4n) is 1.53. The second-order valence-electron chi connectivity index (χ2n) is 3.71. The smallest absolute Gasteiger partial charge is 0.392 e. The van der Waals surface area contributed by atoms with Crippen LogP contribution in [-0.2, 0) is 13.2 Å². The maximum Gasteiger partial charge on any atom is 0.408 e. The number of aromatic nitrogens is 3. The average Bonchev–Trinajstić information content (AvgIpc) is 2.75. The van der Waals surface area contributed by atoms with Gasteiger partial charge in [-0.05, 0) is 5.56 Å². The van der Waals surface area contributed by atoms with Crippen LogP contribution >= 0.6 is 0 Å². The van der Waals surface area contributed by atoms with Gasteiger partial charge in [-0.1, -0.05) is 24.3 Å². The predicted molar refractivity (Wildman–Crippen MR) is 57.4 cm³/mol. The van der Waals surface area contributed by atoms with Gasteiger partial charge < -0.3 is 5.11 Å². The van der Waals surface area contributed by atoms with Crippen molar-refractivity contribution in [2.45, 2.75) is 19.3 Å². The maximum atomic E-state index is 12.3. The molecular formula is C11H10F3N3O. The van der Waals surface area contributed by atoms with Gasteiger partial charge in [0.15, 0.2) is 5.82 Å². The molecule has 0 saturated carbocycles. The number of hydrogen-bond acceptors (Lipinski definition) is 3. The third kappa shape index (κ3) is 2.86. The quantitative estimate of drug-likeness (QED) is 0.915. The maximum absolute atomic E-state index is 12.3. The summed E-state index contributed by atoms with van der Waals surface area (Å²) < 4.78 is 37.7. The fourth-order valence-corrected chi connectivity index (χ4v) is 1.53. The van der Waals surface area contributed by atoms with Crippen molar-refractivity contribution in [2.75, 3.05) is 0 Å². The minimum Gasteiger partial charge on any atom is -0.392 e. The van der Waals surface area contributed by atoms with Crippen LogP contribution < -0.4 is 0 Å². The lowest BCUT2D eigenvalue weighted by Crippen LogP contribution is -2.19. The van der Waals surface area contributed by atoms with Gasteiger partial charge in [-0.3, -0.25) is 0 Å². The summed E-state index contributed by atoms with van der Waals surface area (Å²) in [5, 5.41) is 12.4. The Morgan fingerprint density at radius 3 is 2.39 bits per heavy atom. The van der Waals surface area contributed by atoms with Gasteiger partial charge in [0.2, 0.25) is 0 Å². The van der Waals surface area contributed by atoms with Crippen molar-refractivity contribution < 1.29 is 18.3 Å². The van der Waals surface area contributed by atoms with Gasteiger partial charge in [-0.15, -0.1) is 0 Å². The molecule has 18 heavy (non-hydrogen) atoms. The van der Waals surface area contributed by atoms with E-state index in [9.17, 15) is 13.2 Å². The molecule has 2 rings (SSSR count). The highest BCUT2D eigenvalue weighted by molar-refractivity contribution is 5.55.